The number of carbonyl (C=O) groups excluding carboxylic acids is 2. The smallest absolute Gasteiger partial charge is 0.243 e. The molecule has 1 heterocycles. The number of hydrogen-bond donors (Lipinski definition) is 3. The van der Waals surface area contributed by atoms with Gasteiger partial charge in [-0.05, 0) is 24.7 Å². The molecule has 126 valence electrons. The molecule has 7 nitrogen and oxygen atoms in total. The van der Waals surface area contributed by atoms with Crippen LogP contribution in [-0.4, -0.2) is 67.9 Å². The van der Waals surface area contributed by atoms with Gasteiger partial charge in [0, 0.05) is 38.4 Å². The van der Waals surface area contributed by atoms with Gasteiger partial charge in [0.25, 0.3) is 0 Å². The summed E-state index contributed by atoms with van der Waals surface area (Å²) in [6, 6.07) is 7.81. The van der Waals surface area contributed by atoms with Crippen molar-refractivity contribution >= 4 is 17.5 Å². The molecule has 1 aliphatic rings. The number of rotatable bonds is 6. The summed E-state index contributed by atoms with van der Waals surface area (Å²) in [5.74, 6) is -0.604. The summed E-state index contributed by atoms with van der Waals surface area (Å²) in [5, 5.41) is 5.23. The molecule has 0 aromatic heterocycles. The number of benzene rings is 1. The van der Waals surface area contributed by atoms with Crippen molar-refractivity contribution in [1.82, 2.24) is 15.1 Å². The molecule has 1 aliphatic heterocycles. The average Bonchev–Trinajstić information content (AvgIpc) is 2.55. The number of hydrogen-bond acceptors (Lipinski definition) is 5. The molecule has 0 spiro atoms. The fraction of sp³-hybridized carbons (Fsp3) is 0.500. The first kappa shape index (κ1) is 17.4. The SMILES string of the molecule is CN1CCN(Cc2cccc(NC(=O)CNC(=O)CN)c2)CC1. The van der Waals surface area contributed by atoms with Crippen LogP contribution in [0.3, 0.4) is 0 Å². The van der Waals surface area contributed by atoms with E-state index in [0.717, 1.165) is 38.4 Å². The maximum absolute atomic E-state index is 11.8. The lowest BCUT2D eigenvalue weighted by Crippen LogP contribution is -2.43. The van der Waals surface area contributed by atoms with E-state index < -0.39 is 0 Å². The number of nitrogens with one attached hydrogen (secondary N) is 2. The number of carbonyl (C=O) groups is 2. The first-order valence-electron chi connectivity index (χ1n) is 7.83. The van der Waals surface area contributed by atoms with Crippen LogP contribution in [0, 0.1) is 0 Å². The fourth-order valence-electron chi connectivity index (χ4n) is 2.47. The van der Waals surface area contributed by atoms with E-state index in [1.54, 1.807) is 0 Å². The number of anilines is 1. The van der Waals surface area contributed by atoms with Gasteiger partial charge < -0.3 is 21.3 Å². The zero-order chi connectivity index (χ0) is 16.7. The van der Waals surface area contributed by atoms with Crippen LogP contribution in [0.2, 0.25) is 0 Å². The van der Waals surface area contributed by atoms with Crippen LogP contribution >= 0.6 is 0 Å². The Bertz CT molecular complexity index is 541. The largest absolute Gasteiger partial charge is 0.346 e. The summed E-state index contributed by atoms with van der Waals surface area (Å²) in [6.45, 7) is 4.96. The molecule has 0 saturated carbocycles. The molecule has 7 heteroatoms. The van der Waals surface area contributed by atoms with Crippen molar-refractivity contribution in [1.29, 1.82) is 0 Å². The standard InChI is InChI=1S/C16H25N5O2/c1-20-5-7-21(8-6-20)12-13-3-2-4-14(9-13)19-16(23)11-18-15(22)10-17/h2-4,9H,5-8,10-12,17H2,1H3,(H,18,22)(H,19,23). The Morgan fingerprint density at radius 2 is 1.91 bits per heavy atom. The second kappa shape index (κ2) is 8.61. The minimum absolute atomic E-state index is 0.0707. The highest BCUT2D eigenvalue weighted by molar-refractivity contribution is 5.94. The van der Waals surface area contributed by atoms with Crippen LogP contribution in [0.5, 0.6) is 0 Å². The van der Waals surface area contributed by atoms with Gasteiger partial charge in [0.05, 0.1) is 13.1 Å². The topological polar surface area (TPSA) is 90.7 Å². The van der Waals surface area contributed by atoms with Gasteiger partial charge in [-0.25, -0.2) is 0 Å². The molecule has 2 rings (SSSR count). The van der Waals surface area contributed by atoms with Gasteiger partial charge in [-0.15, -0.1) is 0 Å². The van der Waals surface area contributed by atoms with Crippen molar-refractivity contribution in [3.63, 3.8) is 0 Å². The van der Waals surface area contributed by atoms with E-state index in [4.69, 9.17) is 5.73 Å². The van der Waals surface area contributed by atoms with E-state index in [1.165, 1.54) is 5.56 Å². The van der Waals surface area contributed by atoms with Crippen LogP contribution in [0.15, 0.2) is 24.3 Å². The zero-order valence-electron chi connectivity index (χ0n) is 13.5. The van der Waals surface area contributed by atoms with E-state index in [0.29, 0.717) is 0 Å². The van der Waals surface area contributed by atoms with Crippen LogP contribution in [0.25, 0.3) is 0 Å². The van der Waals surface area contributed by atoms with Gasteiger partial charge in [0.1, 0.15) is 0 Å². The number of likely N-dealkylation sites (N-methyl/N-ethyl adjacent to an activating group) is 1. The molecule has 1 fully saturated rings. The Labute approximate surface area is 136 Å². The quantitative estimate of drug-likeness (QED) is 0.654. The van der Waals surface area contributed by atoms with Crippen molar-refractivity contribution in [3.8, 4) is 0 Å². The molecule has 23 heavy (non-hydrogen) atoms. The van der Waals surface area contributed by atoms with E-state index in [9.17, 15) is 9.59 Å². The second-order valence-corrected chi connectivity index (χ2v) is 5.81. The summed E-state index contributed by atoms with van der Waals surface area (Å²) >= 11 is 0. The van der Waals surface area contributed by atoms with Gasteiger partial charge in [-0.1, -0.05) is 12.1 Å². The summed E-state index contributed by atoms with van der Waals surface area (Å²) < 4.78 is 0. The van der Waals surface area contributed by atoms with E-state index in [-0.39, 0.29) is 24.9 Å². The molecule has 0 atom stereocenters. The number of amides is 2. The first-order valence-corrected chi connectivity index (χ1v) is 7.83. The van der Waals surface area contributed by atoms with Gasteiger partial charge in [-0.2, -0.15) is 0 Å². The van der Waals surface area contributed by atoms with E-state index in [1.807, 2.05) is 18.2 Å². The lowest BCUT2D eigenvalue weighted by Gasteiger charge is -2.32. The zero-order valence-corrected chi connectivity index (χ0v) is 13.5. The van der Waals surface area contributed by atoms with Crippen LogP contribution < -0.4 is 16.4 Å². The highest BCUT2D eigenvalue weighted by Crippen LogP contribution is 2.13. The molecule has 1 saturated heterocycles. The Hall–Kier alpha value is -1.96. The Morgan fingerprint density at radius 1 is 1.17 bits per heavy atom. The summed E-state index contributed by atoms with van der Waals surface area (Å²) in [4.78, 5) is 27.6. The lowest BCUT2D eigenvalue weighted by atomic mass is 10.1. The van der Waals surface area contributed by atoms with E-state index in [2.05, 4.69) is 33.5 Å². The van der Waals surface area contributed by atoms with Crippen LogP contribution in [-0.2, 0) is 16.1 Å². The predicted molar refractivity (Wildman–Crippen MR) is 89.9 cm³/mol. The molecule has 0 aliphatic carbocycles. The van der Waals surface area contributed by atoms with Crippen molar-refractivity contribution in [2.45, 2.75) is 6.54 Å². The fourth-order valence-corrected chi connectivity index (χ4v) is 2.47. The molecule has 0 unspecified atom stereocenters. The van der Waals surface area contributed by atoms with Gasteiger partial charge in [-0.3, -0.25) is 14.5 Å². The molecule has 0 radical (unpaired) electrons. The monoisotopic (exact) mass is 319 g/mol. The summed E-state index contributed by atoms with van der Waals surface area (Å²) in [6.07, 6.45) is 0. The molecule has 1 aromatic carbocycles. The third-order valence-electron chi connectivity index (χ3n) is 3.84. The maximum Gasteiger partial charge on any atom is 0.243 e. The number of nitrogens with two attached hydrogens (primary N) is 1. The minimum Gasteiger partial charge on any atom is -0.346 e. The maximum atomic E-state index is 11.8. The lowest BCUT2D eigenvalue weighted by molar-refractivity contribution is -0.123. The Morgan fingerprint density at radius 3 is 2.61 bits per heavy atom. The predicted octanol–water partition coefficient (Wildman–Crippen LogP) is -0.553. The number of piperazine rings is 1. The average molecular weight is 319 g/mol. The van der Waals surface area contributed by atoms with Crippen LogP contribution in [0.1, 0.15) is 5.56 Å². The minimum atomic E-state index is -0.344. The molecular weight excluding hydrogens is 294 g/mol. The third kappa shape index (κ3) is 5.97. The van der Waals surface area contributed by atoms with E-state index >= 15 is 0 Å². The summed E-state index contributed by atoms with van der Waals surface area (Å²) in [5.41, 5.74) is 7.08. The van der Waals surface area contributed by atoms with Crippen molar-refractivity contribution in [2.75, 3.05) is 51.6 Å². The second-order valence-electron chi connectivity index (χ2n) is 5.81. The number of nitrogens with zero attached hydrogens (tertiary/aromatic N) is 2. The highest BCUT2D eigenvalue weighted by Gasteiger charge is 2.14. The van der Waals surface area contributed by atoms with Gasteiger partial charge >= 0.3 is 0 Å². The Balaban J connectivity index is 1.84. The molecule has 4 N–H and O–H groups in total. The van der Waals surface area contributed by atoms with Crippen molar-refractivity contribution < 1.29 is 9.59 Å². The molecule has 1 aromatic rings. The molecule has 2 amide bonds. The van der Waals surface area contributed by atoms with Crippen molar-refractivity contribution in [2.24, 2.45) is 5.73 Å². The summed E-state index contributed by atoms with van der Waals surface area (Å²) in [7, 11) is 2.14. The highest BCUT2D eigenvalue weighted by atomic mass is 16.2. The normalized spacial score (nSPS) is 16.1. The van der Waals surface area contributed by atoms with Crippen molar-refractivity contribution in [3.05, 3.63) is 29.8 Å². The van der Waals surface area contributed by atoms with Gasteiger partial charge in [0.15, 0.2) is 0 Å². The van der Waals surface area contributed by atoms with Crippen LogP contribution in [0.4, 0.5) is 5.69 Å². The van der Waals surface area contributed by atoms with Gasteiger partial charge in [0.2, 0.25) is 11.8 Å². The third-order valence-corrected chi connectivity index (χ3v) is 3.84. The first-order chi connectivity index (χ1) is 11.1. The molecule has 0 bridgehead atoms. The Kier molecular flexibility index (Phi) is 6.52. The molecular formula is C16H25N5O2.